The topological polar surface area (TPSA) is 81.4 Å². The lowest BCUT2D eigenvalue weighted by Crippen LogP contribution is -2.36. The van der Waals surface area contributed by atoms with Gasteiger partial charge in [-0.05, 0) is 50.6 Å². The van der Waals surface area contributed by atoms with Crippen molar-refractivity contribution in [2.75, 3.05) is 0 Å². The number of amides is 1. The summed E-state index contributed by atoms with van der Waals surface area (Å²) in [4.78, 5) is 28.1. The molecule has 134 valence electrons. The molecule has 0 aliphatic carbocycles. The zero-order chi connectivity index (χ0) is 18.7. The van der Waals surface area contributed by atoms with Crippen LogP contribution >= 0.6 is 0 Å². The summed E-state index contributed by atoms with van der Waals surface area (Å²) in [6.45, 7) is 5.66. The van der Waals surface area contributed by atoms with E-state index in [4.69, 9.17) is 9.15 Å². The summed E-state index contributed by atoms with van der Waals surface area (Å²) in [6, 6.07) is 10.6. The van der Waals surface area contributed by atoms with Crippen molar-refractivity contribution in [3.63, 3.8) is 0 Å². The molecule has 6 nitrogen and oxygen atoms in total. The number of aromatic nitrogens is 1. The number of nitrogens with zero attached hydrogens (tertiary/aromatic N) is 1. The molecule has 3 aromatic rings. The molecule has 1 aromatic carbocycles. The third-order valence-corrected chi connectivity index (χ3v) is 4.16. The minimum Gasteiger partial charge on any atom is -0.480 e. The van der Waals surface area contributed by atoms with Gasteiger partial charge in [-0.1, -0.05) is 6.07 Å². The molecule has 2 aromatic heterocycles. The highest BCUT2D eigenvalue weighted by Gasteiger charge is 2.17. The van der Waals surface area contributed by atoms with E-state index in [-0.39, 0.29) is 5.91 Å². The second kappa shape index (κ2) is 7.39. The summed E-state index contributed by atoms with van der Waals surface area (Å²) in [6.07, 6.45) is 0.974. The van der Waals surface area contributed by atoms with E-state index in [1.54, 1.807) is 26.1 Å². The summed E-state index contributed by atoms with van der Waals surface area (Å²) in [5.41, 5.74) is 2.37. The van der Waals surface area contributed by atoms with Gasteiger partial charge in [0, 0.05) is 23.2 Å². The molecule has 26 heavy (non-hydrogen) atoms. The van der Waals surface area contributed by atoms with E-state index in [2.05, 4.69) is 10.3 Å². The molecule has 0 radical (unpaired) electrons. The third kappa shape index (κ3) is 3.74. The van der Waals surface area contributed by atoms with E-state index in [1.807, 2.05) is 31.2 Å². The van der Waals surface area contributed by atoms with Crippen molar-refractivity contribution < 1.29 is 13.9 Å². The molecule has 0 saturated carbocycles. The van der Waals surface area contributed by atoms with Gasteiger partial charge in [0.15, 0.2) is 6.10 Å². The molecule has 0 aliphatic heterocycles. The highest BCUT2D eigenvalue weighted by atomic mass is 16.5. The van der Waals surface area contributed by atoms with Gasteiger partial charge in [0.05, 0.1) is 12.2 Å². The Hall–Kier alpha value is -3.15. The zero-order valence-corrected chi connectivity index (χ0v) is 14.9. The number of carbonyl (C=O) groups is 1. The maximum Gasteiger partial charge on any atom is 0.336 e. The van der Waals surface area contributed by atoms with Crippen molar-refractivity contribution in [2.24, 2.45) is 0 Å². The number of rotatable bonds is 5. The first-order valence-corrected chi connectivity index (χ1v) is 8.34. The number of nitrogens with one attached hydrogen (secondary N) is 1. The van der Waals surface area contributed by atoms with Crippen molar-refractivity contribution >= 4 is 16.9 Å². The normalized spacial score (nSPS) is 12.0. The van der Waals surface area contributed by atoms with Crippen LogP contribution < -0.4 is 15.7 Å². The first-order chi connectivity index (χ1) is 12.5. The number of pyridine rings is 1. The van der Waals surface area contributed by atoms with Crippen LogP contribution in [0.4, 0.5) is 0 Å². The van der Waals surface area contributed by atoms with E-state index in [0.717, 1.165) is 16.6 Å². The van der Waals surface area contributed by atoms with Crippen molar-refractivity contribution in [3.05, 3.63) is 69.8 Å². The molecule has 1 N–H and O–H groups in total. The standard InChI is InChI=1S/C20H20N2O4/c1-12-10-18(23)26-19-13(2)17(8-7-16(12)19)25-14(3)20(24)22-11-15-6-4-5-9-21-15/h4-10,14H,11H2,1-3H3,(H,22,24)/t14-/m1/s1. The molecule has 0 bridgehead atoms. The molecule has 6 heteroatoms. The molecular formula is C20H20N2O4. The largest absolute Gasteiger partial charge is 0.480 e. The highest BCUT2D eigenvalue weighted by Crippen LogP contribution is 2.28. The monoisotopic (exact) mass is 352 g/mol. The van der Waals surface area contributed by atoms with Crippen LogP contribution in [0.2, 0.25) is 0 Å². The molecule has 0 aliphatic rings. The Kier molecular flexibility index (Phi) is 5.02. The summed E-state index contributed by atoms with van der Waals surface area (Å²) in [5, 5.41) is 3.64. The minimum atomic E-state index is -0.702. The van der Waals surface area contributed by atoms with Crippen molar-refractivity contribution in [1.82, 2.24) is 10.3 Å². The summed E-state index contributed by atoms with van der Waals surface area (Å²) in [7, 11) is 0. The van der Waals surface area contributed by atoms with Gasteiger partial charge in [0.25, 0.3) is 5.91 Å². The first-order valence-electron chi connectivity index (χ1n) is 8.34. The Morgan fingerprint density at radius 1 is 1.27 bits per heavy atom. The molecule has 1 amide bonds. The Morgan fingerprint density at radius 3 is 2.81 bits per heavy atom. The fourth-order valence-electron chi connectivity index (χ4n) is 2.70. The van der Waals surface area contributed by atoms with E-state index in [9.17, 15) is 9.59 Å². The Labute approximate surface area is 150 Å². The van der Waals surface area contributed by atoms with Crippen LogP contribution in [0.5, 0.6) is 5.75 Å². The lowest BCUT2D eigenvalue weighted by Gasteiger charge is -2.17. The van der Waals surface area contributed by atoms with Crippen LogP contribution in [0.3, 0.4) is 0 Å². The third-order valence-electron chi connectivity index (χ3n) is 4.16. The molecule has 0 unspecified atom stereocenters. The molecular weight excluding hydrogens is 332 g/mol. The van der Waals surface area contributed by atoms with Crippen LogP contribution in [0, 0.1) is 13.8 Å². The zero-order valence-electron chi connectivity index (χ0n) is 14.9. The fourth-order valence-corrected chi connectivity index (χ4v) is 2.70. The Morgan fingerprint density at radius 2 is 2.08 bits per heavy atom. The van der Waals surface area contributed by atoms with Crippen molar-refractivity contribution in [3.8, 4) is 5.75 Å². The fraction of sp³-hybridized carbons (Fsp3) is 0.250. The number of ether oxygens (including phenoxy) is 1. The second-order valence-corrected chi connectivity index (χ2v) is 6.11. The minimum absolute atomic E-state index is 0.249. The van der Waals surface area contributed by atoms with Gasteiger partial charge < -0.3 is 14.5 Å². The maximum absolute atomic E-state index is 12.3. The average molecular weight is 352 g/mol. The van der Waals surface area contributed by atoms with E-state index < -0.39 is 11.7 Å². The van der Waals surface area contributed by atoms with Crippen LogP contribution in [-0.2, 0) is 11.3 Å². The maximum atomic E-state index is 12.3. The number of aryl methyl sites for hydroxylation is 2. The molecule has 3 rings (SSSR count). The van der Waals surface area contributed by atoms with E-state index in [1.165, 1.54) is 6.07 Å². The number of hydrogen-bond acceptors (Lipinski definition) is 5. The van der Waals surface area contributed by atoms with Gasteiger partial charge in [-0.2, -0.15) is 0 Å². The van der Waals surface area contributed by atoms with Crippen LogP contribution in [0.15, 0.2) is 51.8 Å². The van der Waals surface area contributed by atoms with Gasteiger partial charge in [-0.15, -0.1) is 0 Å². The highest BCUT2D eigenvalue weighted by molar-refractivity contribution is 5.85. The lowest BCUT2D eigenvalue weighted by atomic mass is 10.1. The smallest absolute Gasteiger partial charge is 0.336 e. The molecule has 0 saturated heterocycles. The van der Waals surface area contributed by atoms with E-state index in [0.29, 0.717) is 23.4 Å². The number of benzene rings is 1. The van der Waals surface area contributed by atoms with Crippen LogP contribution in [0.1, 0.15) is 23.7 Å². The molecule has 2 heterocycles. The van der Waals surface area contributed by atoms with Crippen LogP contribution in [-0.4, -0.2) is 17.0 Å². The predicted molar refractivity (Wildman–Crippen MR) is 98.1 cm³/mol. The quantitative estimate of drug-likeness (QED) is 0.714. The predicted octanol–water partition coefficient (Wildman–Crippen LogP) is 2.89. The van der Waals surface area contributed by atoms with Crippen molar-refractivity contribution in [2.45, 2.75) is 33.4 Å². The lowest BCUT2D eigenvalue weighted by molar-refractivity contribution is -0.127. The van der Waals surface area contributed by atoms with Gasteiger partial charge in [-0.3, -0.25) is 9.78 Å². The molecule has 0 fully saturated rings. The SMILES string of the molecule is Cc1cc(=O)oc2c(C)c(O[C@H](C)C(=O)NCc3ccccn3)ccc12. The molecule has 1 atom stereocenters. The summed E-state index contributed by atoms with van der Waals surface area (Å²) < 4.78 is 11.1. The van der Waals surface area contributed by atoms with Crippen LogP contribution in [0.25, 0.3) is 11.0 Å². The van der Waals surface area contributed by atoms with Crippen molar-refractivity contribution in [1.29, 1.82) is 0 Å². The Balaban J connectivity index is 1.74. The van der Waals surface area contributed by atoms with Gasteiger partial charge >= 0.3 is 5.63 Å². The number of carbonyl (C=O) groups excluding carboxylic acids is 1. The number of hydrogen-bond donors (Lipinski definition) is 1. The van der Waals surface area contributed by atoms with Gasteiger partial charge in [0.2, 0.25) is 0 Å². The average Bonchev–Trinajstić information content (AvgIpc) is 2.63. The van der Waals surface area contributed by atoms with Gasteiger partial charge in [-0.25, -0.2) is 4.79 Å². The number of fused-ring (bicyclic) bond motifs is 1. The summed E-state index contributed by atoms with van der Waals surface area (Å²) in [5.74, 6) is 0.257. The Bertz CT molecular complexity index is 996. The summed E-state index contributed by atoms with van der Waals surface area (Å²) >= 11 is 0. The molecule has 0 spiro atoms. The van der Waals surface area contributed by atoms with Gasteiger partial charge in [0.1, 0.15) is 11.3 Å². The second-order valence-electron chi connectivity index (χ2n) is 6.11. The van der Waals surface area contributed by atoms with E-state index >= 15 is 0 Å². The first kappa shape index (κ1) is 17.7.